The Balaban J connectivity index is 1.48. The van der Waals surface area contributed by atoms with Crippen molar-refractivity contribution in [1.82, 2.24) is 24.5 Å². The van der Waals surface area contributed by atoms with Crippen molar-refractivity contribution in [2.45, 2.75) is 33.2 Å². The molecule has 0 aromatic carbocycles. The minimum atomic E-state index is -0.254. The van der Waals surface area contributed by atoms with Gasteiger partial charge in [0, 0.05) is 36.6 Å². The van der Waals surface area contributed by atoms with Crippen LogP contribution in [0.25, 0.3) is 22.2 Å². The smallest absolute Gasteiger partial charge is 0.257 e. The number of carbonyl (C=O) groups is 1. The summed E-state index contributed by atoms with van der Waals surface area (Å²) in [6.07, 6.45) is 7.09. The van der Waals surface area contributed by atoms with Crippen LogP contribution in [0.2, 0.25) is 15.6 Å². The van der Waals surface area contributed by atoms with Gasteiger partial charge in [0.25, 0.3) is 5.91 Å². The molecule has 1 aliphatic rings. The van der Waals surface area contributed by atoms with Gasteiger partial charge in [0.1, 0.15) is 48.8 Å². The van der Waals surface area contributed by atoms with Crippen molar-refractivity contribution in [2.24, 2.45) is 7.05 Å². The molecule has 8 nitrogen and oxygen atoms in total. The molecule has 5 rings (SSSR count). The SMILES string of the molecule is BC1(B)N(c2cc(C(=O)Nc3cc4cc(-c5cnc(C)n5C)ncc4cn3)ccn2)C(B)(B)C(B)(B)C(B)(B)C1(B)B. The molecule has 18 heteroatoms. The summed E-state index contributed by atoms with van der Waals surface area (Å²) in [4.78, 5) is 34.3. The zero-order chi connectivity index (χ0) is 31.0. The minimum Gasteiger partial charge on any atom is -0.379 e. The minimum absolute atomic E-state index is 0.0190. The van der Waals surface area contributed by atoms with Crippen molar-refractivity contribution in [3.8, 4) is 11.4 Å². The van der Waals surface area contributed by atoms with E-state index in [1.165, 1.54) is 0 Å². The highest BCUT2D eigenvalue weighted by Crippen LogP contribution is 2.69. The Hall–Kier alpha value is -3.16. The molecular formula is C24H35B10N7O. The maximum atomic E-state index is 13.6. The topological polar surface area (TPSA) is 88.8 Å². The molecule has 0 aliphatic carbocycles. The maximum Gasteiger partial charge on any atom is 0.257 e. The monoisotopic (exact) mass is 547 g/mol. The number of pyridine rings is 3. The van der Waals surface area contributed by atoms with Gasteiger partial charge in [-0.15, -0.1) is 0 Å². The Morgan fingerprint density at radius 1 is 0.762 bits per heavy atom. The number of carbonyl (C=O) groups excluding carboxylic acids is 1. The summed E-state index contributed by atoms with van der Waals surface area (Å²) >= 11 is 0. The molecule has 0 spiro atoms. The predicted molar refractivity (Wildman–Crippen MR) is 200 cm³/mol. The zero-order valence-corrected chi connectivity index (χ0v) is 27.2. The molecule has 0 unspecified atom stereocenters. The number of nitrogens with one attached hydrogen (secondary N) is 1. The predicted octanol–water partition coefficient (Wildman–Crippen LogP) is -6.21. The number of nitrogens with zero attached hydrogens (tertiary/aromatic N) is 6. The molecule has 4 aromatic heterocycles. The number of aryl methyl sites for hydroxylation is 1. The fourth-order valence-electron chi connectivity index (χ4n) is 7.00. The van der Waals surface area contributed by atoms with Crippen LogP contribution in [-0.4, -0.2) is 120 Å². The van der Waals surface area contributed by atoms with E-state index in [1.54, 1.807) is 24.7 Å². The Bertz CT molecular complexity index is 1690. The first-order chi connectivity index (χ1) is 19.3. The van der Waals surface area contributed by atoms with Crippen LogP contribution in [0.3, 0.4) is 0 Å². The average molecular weight is 546 g/mol. The lowest BCUT2D eigenvalue weighted by Crippen LogP contribution is -2.81. The number of hydrogen-bond acceptors (Lipinski definition) is 6. The van der Waals surface area contributed by atoms with E-state index in [0.717, 1.165) is 33.8 Å². The van der Waals surface area contributed by atoms with E-state index in [1.807, 2.05) is 42.9 Å². The summed E-state index contributed by atoms with van der Waals surface area (Å²) in [5.41, 5.74) is 2.28. The third-order valence-electron chi connectivity index (χ3n) is 11.9. The normalized spacial score (nSPS) is 19.7. The molecule has 1 amide bonds. The van der Waals surface area contributed by atoms with E-state index in [-0.39, 0.29) is 32.2 Å². The molecule has 0 saturated carbocycles. The van der Waals surface area contributed by atoms with Gasteiger partial charge in [-0.2, -0.15) is 0 Å². The molecule has 0 atom stereocenters. The molecule has 1 saturated heterocycles. The van der Waals surface area contributed by atoms with E-state index in [4.69, 9.17) is 4.98 Å². The van der Waals surface area contributed by atoms with Crippen LogP contribution >= 0.6 is 0 Å². The Kier molecular flexibility index (Phi) is 6.98. The van der Waals surface area contributed by atoms with Gasteiger partial charge in [-0.25, -0.2) is 15.0 Å². The van der Waals surface area contributed by atoms with E-state index in [0.29, 0.717) is 11.4 Å². The number of rotatable bonds is 4. The fourth-order valence-corrected chi connectivity index (χ4v) is 7.00. The van der Waals surface area contributed by atoms with Crippen LogP contribution in [0.15, 0.2) is 49.1 Å². The van der Waals surface area contributed by atoms with E-state index in [2.05, 4.69) is 104 Å². The Morgan fingerprint density at radius 3 is 1.98 bits per heavy atom. The summed E-state index contributed by atoms with van der Waals surface area (Å²) in [5, 5.41) is 4.20. The summed E-state index contributed by atoms with van der Waals surface area (Å²) < 4.78 is 2.01. The first kappa shape index (κ1) is 30.3. The molecule has 202 valence electrons. The van der Waals surface area contributed by atoms with Gasteiger partial charge in [0.2, 0.25) is 0 Å². The number of anilines is 2. The largest absolute Gasteiger partial charge is 0.379 e. The van der Waals surface area contributed by atoms with Crippen molar-refractivity contribution in [3.05, 3.63) is 60.4 Å². The lowest BCUT2D eigenvalue weighted by atomic mass is 9.05. The Morgan fingerprint density at radius 2 is 1.38 bits per heavy atom. The zero-order valence-electron chi connectivity index (χ0n) is 27.2. The average Bonchev–Trinajstić information content (AvgIpc) is 3.25. The van der Waals surface area contributed by atoms with Crippen LogP contribution in [0.1, 0.15) is 16.2 Å². The molecule has 0 radical (unpaired) electrons. The van der Waals surface area contributed by atoms with E-state index < -0.39 is 0 Å². The second-order valence-electron chi connectivity index (χ2n) is 14.4. The molecule has 0 bridgehead atoms. The highest BCUT2D eigenvalue weighted by molar-refractivity contribution is 6.71. The van der Waals surface area contributed by atoms with Crippen LogP contribution in [-0.2, 0) is 7.05 Å². The quantitative estimate of drug-likeness (QED) is 0.257. The van der Waals surface area contributed by atoms with Gasteiger partial charge in [-0.3, -0.25) is 9.78 Å². The molecule has 4 aromatic rings. The number of piperidine rings is 1. The fraction of sp³-hybridized carbons (Fsp3) is 0.292. The van der Waals surface area contributed by atoms with Crippen LogP contribution in [0.4, 0.5) is 11.6 Å². The van der Waals surface area contributed by atoms with Crippen LogP contribution in [0, 0.1) is 6.92 Å². The lowest BCUT2D eigenvalue weighted by Gasteiger charge is -2.77. The second-order valence-corrected chi connectivity index (χ2v) is 14.4. The number of imidazole rings is 1. The maximum absolute atomic E-state index is 13.6. The number of hydrogen-bond donors (Lipinski definition) is 1. The van der Waals surface area contributed by atoms with Crippen molar-refractivity contribution in [3.63, 3.8) is 0 Å². The molecular weight excluding hydrogens is 510 g/mol. The first-order valence-electron chi connectivity index (χ1n) is 14.7. The molecule has 5 heterocycles. The van der Waals surface area contributed by atoms with Crippen molar-refractivity contribution in [2.75, 3.05) is 10.2 Å². The second kappa shape index (κ2) is 9.68. The standard InChI is InChI=1S/C24H35B10N7O/c1-11-36-10-16(40(11)2)15-5-13-6-17(38-9-14(13)8-37-15)39-19(42)12-3-4-35-18(7-12)41-23(31,32)21(27,28)20(25,26)22(29,30)24(41,33)34/h3-10H,25-34H2,1-2H3,(H,38,39,42). The lowest BCUT2D eigenvalue weighted by molar-refractivity contribution is 0.102. The highest BCUT2D eigenvalue weighted by atomic mass is 16.1. The van der Waals surface area contributed by atoms with Crippen molar-refractivity contribution >= 4 is 107 Å². The molecule has 1 fully saturated rings. The molecule has 1 N–H and O–H groups in total. The van der Waals surface area contributed by atoms with Crippen molar-refractivity contribution in [1.29, 1.82) is 0 Å². The highest BCUT2D eigenvalue weighted by Gasteiger charge is 2.66. The molecule has 1 aliphatic heterocycles. The van der Waals surface area contributed by atoms with E-state index >= 15 is 0 Å². The summed E-state index contributed by atoms with van der Waals surface area (Å²) in [6.45, 7) is 1.96. The van der Waals surface area contributed by atoms with Crippen LogP contribution < -0.4 is 10.2 Å². The number of amides is 1. The summed E-state index contributed by atoms with van der Waals surface area (Å²) in [7, 11) is 25.4. The van der Waals surface area contributed by atoms with Gasteiger partial charge in [0.15, 0.2) is 0 Å². The summed E-state index contributed by atoms with van der Waals surface area (Å²) in [6, 6.07) is 7.56. The van der Waals surface area contributed by atoms with E-state index in [9.17, 15) is 4.79 Å². The van der Waals surface area contributed by atoms with Crippen LogP contribution in [0.5, 0.6) is 0 Å². The Labute approximate surface area is 257 Å². The summed E-state index contributed by atoms with van der Waals surface area (Å²) in [5.74, 6) is 1.96. The molecule has 42 heavy (non-hydrogen) atoms. The van der Waals surface area contributed by atoms with Crippen molar-refractivity contribution < 1.29 is 4.79 Å². The van der Waals surface area contributed by atoms with Gasteiger partial charge in [0.05, 0.1) is 64.7 Å². The number of fused-ring (bicyclic) bond motifs is 1. The first-order valence-corrected chi connectivity index (χ1v) is 14.7. The van der Waals surface area contributed by atoms with Gasteiger partial charge in [-0.1, -0.05) is 15.6 Å². The van der Waals surface area contributed by atoms with Gasteiger partial charge >= 0.3 is 0 Å². The third kappa shape index (κ3) is 4.22. The number of aromatic nitrogens is 5. The van der Waals surface area contributed by atoms with Gasteiger partial charge in [-0.05, 0) is 47.3 Å². The van der Waals surface area contributed by atoms with Gasteiger partial charge < -0.3 is 14.8 Å². The third-order valence-corrected chi connectivity index (χ3v) is 11.9.